The Labute approximate surface area is 320 Å². The summed E-state index contributed by atoms with van der Waals surface area (Å²) in [6.45, 7) is 3.80. The van der Waals surface area contributed by atoms with E-state index in [4.69, 9.17) is 4.74 Å². The van der Waals surface area contributed by atoms with Crippen LogP contribution in [0, 0.1) is 0 Å². The van der Waals surface area contributed by atoms with Gasteiger partial charge in [-0.05, 0) is 62.3 Å². The molecule has 14 nitrogen and oxygen atoms in total. The highest BCUT2D eigenvalue weighted by atomic mass is 16.5. The maximum atomic E-state index is 14.9. The van der Waals surface area contributed by atoms with E-state index in [2.05, 4.69) is 15.6 Å². The summed E-state index contributed by atoms with van der Waals surface area (Å²) in [7, 11) is 1.60. The van der Waals surface area contributed by atoms with Crippen molar-refractivity contribution in [3.05, 3.63) is 95.8 Å². The predicted octanol–water partition coefficient (Wildman–Crippen LogP) is 2.56. The van der Waals surface area contributed by atoms with Crippen molar-refractivity contribution >= 4 is 35.4 Å². The van der Waals surface area contributed by atoms with Crippen molar-refractivity contribution in [3.8, 4) is 5.75 Å². The predicted molar refractivity (Wildman–Crippen MR) is 200 cm³/mol. The maximum Gasteiger partial charge on any atom is 0.328 e. The highest BCUT2D eigenvalue weighted by Crippen LogP contribution is 2.34. The summed E-state index contributed by atoms with van der Waals surface area (Å²) in [5.74, 6) is -4.02. The minimum Gasteiger partial charge on any atom is -0.505 e. The number of rotatable bonds is 6. The number of fused-ring (bicyclic) bond motifs is 2. The molecule has 3 fully saturated rings. The molecule has 290 valence electrons. The van der Waals surface area contributed by atoms with E-state index in [0.717, 1.165) is 5.56 Å². The third-order valence-corrected chi connectivity index (χ3v) is 10.9. The van der Waals surface area contributed by atoms with E-state index in [1.807, 2.05) is 30.3 Å². The van der Waals surface area contributed by atoms with Crippen molar-refractivity contribution in [2.75, 3.05) is 20.1 Å². The number of nitrogens with one attached hydrogen (secondary N) is 2. The van der Waals surface area contributed by atoms with Crippen molar-refractivity contribution < 1.29 is 38.6 Å². The molecule has 4 heterocycles. The van der Waals surface area contributed by atoms with Crippen LogP contribution in [0.5, 0.6) is 5.75 Å². The summed E-state index contributed by atoms with van der Waals surface area (Å²) >= 11 is 0. The van der Waals surface area contributed by atoms with Crippen molar-refractivity contribution in [3.63, 3.8) is 0 Å². The van der Waals surface area contributed by atoms with Gasteiger partial charge >= 0.3 is 5.97 Å². The molecular weight excluding hydrogens is 704 g/mol. The molecule has 14 heteroatoms. The maximum absolute atomic E-state index is 14.9. The number of likely N-dealkylation sites (N-methyl/N-ethyl adjacent to an activating group) is 1. The number of carbonyl (C=O) groups excluding carboxylic acids is 6. The van der Waals surface area contributed by atoms with Crippen LogP contribution in [0.3, 0.4) is 0 Å². The number of aromatic hydroxyl groups is 1. The first-order valence-corrected chi connectivity index (χ1v) is 18.9. The standard InChI is InChI=1S/C41H48N6O8/c1-4-28-39(52)47-23-13-19-30(47)40(53)45(3)31(24-26-14-7-5-8-15-26)36(49)29-18-12-22-46(29)35(27-16-9-6-10-17-27)41(54)55-25(2)33(37(50)43-28)44-38(51)34-32(48)20-11-21-42-34/h5-11,14-17,20-21,25,28-31,33,35,48H,4,12-13,18-19,22-24H2,1-3H3,(H,43,50)(H,44,51). The van der Waals surface area contributed by atoms with Gasteiger partial charge in [0, 0.05) is 32.8 Å². The zero-order chi connectivity index (χ0) is 39.2. The molecule has 0 bridgehead atoms. The number of amides is 4. The topological polar surface area (TPSA) is 179 Å². The summed E-state index contributed by atoms with van der Waals surface area (Å²) in [5.41, 5.74) is 1.06. The molecule has 3 N–H and O–H groups in total. The first-order chi connectivity index (χ1) is 26.5. The molecule has 55 heavy (non-hydrogen) atoms. The van der Waals surface area contributed by atoms with Gasteiger partial charge in [-0.15, -0.1) is 0 Å². The molecule has 0 saturated carbocycles. The average Bonchev–Trinajstić information content (AvgIpc) is 3.88. The third-order valence-electron chi connectivity index (χ3n) is 10.9. The first kappa shape index (κ1) is 39.1. The molecule has 1 aromatic heterocycles. The Morgan fingerprint density at radius 1 is 0.909 bits per heavy atom. The van der Waals surface area contributed by atoms with Crippen molar-refractivity contribution in [1.29, 1.82) is 0 Å². The number of ketones is 1. The van der Waals surface area contributed by atoms with Gasteiger partial charge in [-0.3, -0.25) is 28.9 Å². The van der Waals surface area contributed by atoms with Gasteiger partial charge in [-0.1, -0.05) is 67.6 Å². The molecule has 4 amide bonds. The van der Waals surface area contributed by atoms with Crippen molar-refractivity contribution in [1.82, 2.24) is 30.3 Å². The van der Waals surface area contributed by atoms with Crippen LogP contribution in [0.2, 0.25) is 0 Å². The highest BCUT2D eigenvalue weighted by molar-refractivity contribution is 6.00. The quantitative estimate of drug-likeness (QED) is 0.317. The number of pyridine rings is 1. The van der Waals surface area contributed by atoms with Gasteiger partial charge in [0.05, 0.1) is 12.1 Å². The number of aromatic nitrogens is 1. The number of cyclic esters (lactones) is 1. The van der Waals surface area contributed by atoms with E-state index in [-0.39, 0.29) is 36.8 Å². The molecule has 6 rings (SSSR count). The van der Waals surface area contributed by atoms with Crippen LogP contribution in [-0.2, 0) is 35.1 Å². The highest BCUT2D eigenvalue weighted by Gasteiger charge is 2.47. The van der Waals surface area contributed by atoms with Crippen LogP contribution in [0.4, 0.5) is 0 Å². The Morgan fingerprint density at radius 3 is 2.27 bits per heavy atom. The molecule has 2 aromatic carbocycles. The second-order valence-electron chi connectivity index (χ2n) is 14.4. The SMILES string of the molecule is CCC1NC(=O)C(NC(=O)c2ncccc2O)C(C)OC(=O)C(c2ccccc2)N2CCCC2C(=O)C(Cc2ccccc2)N(C)C(=O)C2CCCN2C1=O. The summed E-state index contributed by atoms with van der Waals surface area (Å²) in [4.78, 5) is 94.3. The Kier molecular flexibility index (Phi) is 12.2. The molecule has 0 spiro atoms. The van der Waals surface area contributed by atoms with Gasteiger partial charge in [-0.2, -0.15) is 0 Å². The van der Waals surface area contributed by atoms with Gasteiger partial charge in [0.2, 0.25) is 17.7 Å². The summed E-state index contributed by atoms with van der Waals surface area (Å²) in [6, 6.07) is 14.7. The number of nitrogens with zero attached hydrogens (tertiary/aromatic N) is 4. The monoisotopic (exact) mass is 752 g/mol. The van der Waals surface area contributed by atoms with E-state index in [1.165, 1.54) is 35.1 Å². The van der Waals surface area contributed by atoms with E-state index >= 15 is 0 Å². The molecule has 0 radical (unpaired) electrons. The molecular formula is C41H48N6O8. The lowest BCUT2D eigenvalue weighted by Crippen LogP contribution is -2.59. The number of benzene rings is 2. The minimum absolute atomic E-state index is 0.148. The van der Waals surface area contributed by atoms with E-state index in [1.54, 1.807) is 49.2 Å². The number of esters is 1. The zero-order valence-corrected chi connectivity index (χ0v) is 31.3. The molecule has 3 aliphatic rings. The largest absolute Gasteiger partial charge is 0.505 e. The Balaban J connectivity index is 1.44. The molecule has 3 aliphatic heterocycles. The number of hydrogen-bond acceptors (Lipinski definition) is 10. The van der Waals surface area contributed by atoms with Crippen LogP contribution >= 0.6 is 0 Å². The Morgan fingerprint density at radius 2 is 1.58 bits per heavy atom. The molecule has 3 aromatic rings. The zero-order valence-electron chi connectivity index (χ0n) is 31.3. The minimum atomic E-state index is -1.54. The van der Waals surface area contributed by atoms with Crippen LogP contribution in [-0.4, -0.2) is 117 Å². The summed E-state index contributed by atoms with van der Waals surface area (Å²) in [6.07, 6.45) is 2.33. The van der Waals surface area contributed by atoms with Gasteiger partial charge in [-0.25, -0.2) is 9.78 Å². The third kappa shape index (κ3) is 8.39. The van der Waals surface area contributed by atoms with Crippen LogP contribution in [0.15, 0.2) is 79.0 Å². The normalized spacial score (nSPS) is 27.2. The van der Waals surface area contributed by atoms with E-state index in [0.29, 0.717) is 37.8 Å². The van der Waals surface area contributed by atoms with Gasteiger partial charge in [0.25, 0.3) is 5.91 Å². The number of Topliss-reactive ketones (excluding diaryl/α,β-unsaturated/α-hetero) is 1. The second kappa shape index (κ2) is 17.2. The number of hydrogen-bond donors (Lipinski definition) is 3. The van der Waals surface area contributed by atoms with E-state index < -0.39 is 71.8 Å². The van der Waals surface area contributed by atoms with Crippen molar-refractivity contribution in [2.45, 2.75) is 94.7 Å². The van der Waals surface area contributed by atoms with Gasteiger partial charge < -0.3 is 30.3 Å². The lowest BCUT2D eigenvalue weighted by molar-refractivity contribution is -0.159. The average molecular weight is 753 g/mol. The lowest BCUT2D eigenvalue weighted by atomic mass is 9.93. The number of carbonyl (C=O) groups is 6. The van der Waals surface area contributed by atoms with Gasteiger partial charge in [0.15, 0.2) is 11.5 Å². The fourth-order valence-corrected chi connectivity index (χ4v) is 7.96. The fourth-order valence-electron chi connectivity index (χ4n) is 7.96. The Bertz CT molecular complexity index is 1890. The van der Waals surface area contributed by atoms with Crippen LogP contribution in [0.25, 0.3) is 0 Å². The summed E-state index contributed by atoms with van der Waals surface area (Å²) < 4.78 is 6.05. The summed E-state index contributed by atoms with van der Waals surface area (Å²) in [5, 5.41) is 15.7. The number of ether oxygens (including phenoxy) is 1. The molecule has 7 unspecified atom stereocenters. The van der Waals surface area contributed by atoms with Crippen LogP contribution < -0.4 is 10.6 Å². The second-order valence-corrected chi connectivity index (χ2v) is 14.4. The van der Waals surface area contributed by atoms with Crippen LogP contribution in [0.1, 0.15) is 73.6 Å². The fraction of sp³-hybridized carbons (Fsp3) is 0.439. The molecule has 3 saturated heterocycles. The molecule has 0 aliphatic carbocycles. The van der Waals surface area contributed by atoms with Gasteiger partial charge in [0.1, 0.15) is 36.0 Å². The van der Waals surface area contributed by atoms with Crippen molar-refractivity contribution in [2.24, 2.45) is 0 Å². The smallest absolute Gasteiger partial charge is 0.328 e. The first-order valence-electron chi connectivity index (χ1n) is 18.9. The Hall–Kier alpha value is -5.63. The van der Waals surface area contributed by atoms with E-state index in [9.17, 15) is 33.9 Å². The molecule has 7 atom stereocenters. The lowest BCUT2D eigenvalue weighted by Gasteiger charge is -2.37.